The lowest BCUT2D eigenvalue weighted by atomic mass is 10.1. The quantitative estimate of drug-likeness (QED) is 0.547. The number of rotatable bonds is 5. The smallest absolute Gasteiger partial charge is 0.218 e. The molecule has 9 nitrogen and oxygen atoms in total. The van der Waals surface area contributed by atoms with Crippen LogP contribution in [-0.2, 0) is 17.2 Å². The van der Waals surface area contributed by atoms with Gasteiger partial charge in [0, 0.05) is 72.4 Å². The fraction of sp³-hybridized carbons (Fsp3) is 0.333. The standard InChI is InChI=1S/C24H24N6O2S.H2O/c1-33(31)20-3-4-21-18(12-20)6-11-30(21)23-13-24(28-16-27-23)32-19-7-9-29(10-8-19)22-5-2-17(14-25)15-26-22;/h2-5,12-13,15-16,19H,6-11H2,1H3;1H2. The highest BCUT2D eigenvalue weighted by atomic mass is 32.2. The predicted octanol–water partition coefficient (Wildman–Crippen LogP) is 2.40. The zero-order valence-corrected chi connectivity index (χ0v) is 19.7. The van der Waals surface area contributed by atoms with Crippen LogP contribution >= 0.6 is 0 Å². The van der Waals surface area contributed by atoms with E-state index in [-0.39, 0.29) is 11.6 Å². The number of fused-ring (bicyclic) bond motifs is 1. The molecule has 2 aliphatic rings. The number of benzene rings is 1. The number of hydrogen-bond acceptors (Lipinski definition) is 8. The van der Waals surface area contributed by atoms with E-state index in [1.807, 2.05) is 30.3 Å². The van der Waals surface area contributed by atoms with Gasteiger partial charge in [-0.2, -0.15) is 5.26 Å². The van der Waals surface area contributed by atoms with Gasteiger partial charge in [0.2, 0.25) is 5.88 Å². The van der Waals surface area contributed by atoms with E-state index in [2.05, 4.69) is 30.8 Å². The molecular weight excluding hydrogens is 452 g/mol. The Balaban J connectivity index is 0.00000274. The van der Waals surface area contributed by atoms with E-state index in [9.17, 15) is 4.21 Å². The molecule has 1 saturated heterocycles. The molecule has 176 valence electrons. The lowest BCUT2D eigenvalue weighted by molar-refractivity contribution is 0.163. The van der Waals surface area contributed by atoms with Crippen LogP contribution < -0.4 is 14.5 Å². The molecule has 0 spiro atoms. The maximum absolute atomic E-state index is 11.8. The fourth-order valence-electron chi connectivity index (χ4n) is 4.35. The van der Waals surface area contributed by atoms with E-state index in [1.54, 1.807) is 24.8 Å². The Bertz CT molecular complexity index is 1220. The van der Waals surface area contributed by atoms with Crippen LogP contribution in [0.15, 0.2) is 53.8 Å². The second-order valence-electron chi connectivity index (χ2n) is 8.18. The van der Waals surface area contributed by atoms with Crippen LogP contribution in [0, 0.1) is 11.3 Å². The molecule has 2 aliphatic heterocycles. The van der Waals surface area contributed by atoms with Crippen molar-refractivity contribution in [3.8, 4) is 11.9 Å². The SMILES string of the molecule is CS(=O)c1ccc2c(c1)CCN2c1cc(OC2CCN(c3ccc(C#N)cn3)CC2)ncn1.O. The van der Waals surface area contributed by atoms with Crippen LogP contribution in [0.2, 0.25) is 0 Å². The van der Waals surface area contributed by atoms with Crippen LogP contribution in [0.25, 0.3) is 0 Å². The first kappa shape index (κ1) is 23.6. The summed E-state index contributed by atoms with van der Waals surface area (Å²) in [4.78, 5) is 18.4. The minimum atomic E-state index is -0.986. The van der Waals surface area contributed by atoms with Crippen molar-refractivity contribution in [3.05, 3.63) is 60.0 Å². The first-order valence-electron chi connectivity index (χ1n) is 10.9. The minimum absolute atomic E-state index is 0. The molecule has 4 heterocycles. The third-order valence-corrected chi connectivity index (χ3v) is 7.03. The first-order valence-corrected chi connectivity index (χ1v) is 12.5. The van der Waals surface area contributed by atoms with Crippen molar-refractivity contribution in [1.82, 2.24) is 15.0 Å². The molecule has 2 aromatic heterocycles. The van der Waals surface area contributed by atoms with Gasteiger partial charge >= 0.3 is 0 Å². The first-order chi connectivity index (χ1) is 16.1. The third-order valence-electron chi connectivity index (χ3n) is 6.11. The molecule has 0 amide bonds. The van der Waals surface area contributed by atoms with Crippen LogP contribution in [0.3, 0.4) is 0 Å². The van der Waals surface area contributed by atoms with Crippen molar-refractivity contribution in [3.63, 3.8) is 0 Å². The largest absolute Gasteiger partial charge is 0.474 e. The molecule has 2 N–H and O–H groups in total. The molecule has 10 heteroatoms. The van der Waals surface area contributed by atoms with E-state index in [4.69, 9.17) is 10.00 Å². The highest BCUT2D eigenvalue weighted by Gasteiger charge is 2.25. The number of ether oxygens (including phenoxy) is 1. The van der Waals surface area contributed by atoms with Crippen molar-refractivity contribution in [2.24, 2.45) is 0 Å². The van der Waals surface area contributed by atoms with Crippen molar-refractivity contribution in [1.29, 1.82) is 5.26 Å². The number of piperidine rings is 1. The highest BCUT2D eigenvalue weighted by Crippen LogP contribution is 2.35. The number of nitrogens with zero attached hydrogens (tertiary/aromatic N) is 6. The Morgan fingerprint density at radius 3 is 2.59 bits per heavy atom. The van der Waals surface area contributed by atoms with Crippen molar-refractivity contribution >= 4 is 28.1 Å². The summed E-state index contributed by atoms with van der Waals surface area (Å²) in [5, 5.41) is 8.94. The lowest BCUT2D eigenvalue weighted by Gasteiger charge is -2.32. The molecule has 0 aliphatic carbocycles. The fourth-order valence-corrected chi connectivity index (χ4v) is 4.92. The van der Waals surface area contributed by atoms with Gasteiger partial charge in [0.15, 0.2) is 0 Å². The molecule has 0 saturated carbocycles. The van der Waals surface area contributed by atoms with Gasteiger partial charge in [-0.05, 0) is 42.3 Å². The van der Waals surface area contributed by atoms with Gasteiger partial charge in [-0.15, -0.1) is 0 Å². The summed E-state index contributed by atoms with van der Waals surface area (Å²) in [6.07, 6.45) is 7.56. The van der Waals surface area contributed by atoms with Gasteiger partial charge in [0.1, 0.15) is 30.1 Å². The molecule has 1 unspecified atom stereocenters. The van der Waals surface area contributed by atoms with Crippen LogP contribution in [-0.4, -0.2) is 56.6 Å². The highest BCUT2D eigenvalue weighted by molar-refractivity contribution is 7.84. The van der Waals surface area contributed by atoms with Crippen molar-refractivity contribution < 1.29 is 14.4 Å². The van der Waals surface area contributed by atoms with E-state index < -0.39 is 10.8 Å². The number of anilines is 3. The molecule has 0 radical (unpaired) electrons. The minimum Gasteiger partial charge on any atom is -0.474 e. The topological polar surface area (TPSA) is 127 Å². The monoisotopic (exact) mass is 478 g/mol. The van der Waals surface area contributed by atoms with Gasteiger partial charge in [0.25, 0.3) is 0 Å². The third kappa shape index (κ3) is 4.85. The zero-order chi connectivity index (χ0) is 22.8. The Kier molecular flexibility index (Phi) is 7.05. The summed E-state index contributed by atoms with van der Waals surface area (Å²) in [6.45, 7) is 2.49. The second kappa shape index (κ2) is 10.2. The normalized spacial score (nSPS) is 16.4. The number of pyridine rings is 1. The summed E-state index contributed by atoms with van der Waals surface area (Å²) >= 11 is 0. The average Bonchev–Trinajstić information content (AvgIpc) is 3.28. The maximum atomic E-state index is 11.8. The maximum Gasteiger partial charge on any atom is 0.218 e. The van der Waals surface area contributed by atoms with Crippen LogP contribution in [0.1, 0.15) is 24.0 Å². The molecule has 34 heavy (non-hydrogen) atoms. The summed E-state index contributed by atoms with van der Waals surface area (Å²) in [5.41, 5.74) is 2.85. The average molecular weight is 479 g/mol. The van der Waals surface area contributed by atoms with Crippen LogP contribution in [0.5, 0.6) is 5.88 Å². The van der Waals surface area contributed by atoms with Crippen molar-refractivity contribution in [2.75, 3.05) is 35.7 Å². The van der Waals surface area contributed by atoms with Gasteiger partial charge < -0.3 is 20.0 Å². The van der Waals surface area contributed by atoms with Gasteiger partial charge in [0.05, 0.1) is 5.56 Å². The van der Waals surface area contributed by atoms with Crippen molar-refractivity contribution in [2.45, 2.75) is 30.3 Å². The molecule has 1 fully saturated rings. The zero-order valence-electron chi connectivity index (χ0n) is 18.8. The van der Waals surface area contributed by atoms with E-state index in [0.717, 1.165) is 61.1 Å². The number of hydrogen-bond donors (Lipinski definition) is 0. The van der Waals surface area contributed by atoms with Gasteiger partial charge in [-0.3, -0.25) is 4.21 Å². The number of nitriles is 1. The molecule has 0 bridgehead atoms. The van der Waals surface area contributed by atoms with E-state index >= 15 is 0 Å². The summed E-state index contributed by atoms with van der Waals surface area (Å²) < 4.78 is 18.0. The predicted molar refractivity (Wildman–Crippen MR) is 130 cm³/mol. The Morgan fingerprint density at radius 1 is 1.06 bits per heavy atom. The van der Waals surface area contributed by atoms with Crippen LogP contribution in [0.4, 0.5) is 17.3 Å². The Hall–Kier alpha value is -3.55. The molecule has 5 rings (SSSR count). The Morgan fingerprint density at radius 2 is 1.88 bits per heavy atom. The number of aromatic nitrogens is 3. The lowest BCUT2D eigenvalue weighted by Crippen LogP contribution is -2.38. The summed E-state index contributed by atoms with van der Waals surface area (Å²) in [5.74, 6) is 2.28. The summed E-state index contributed by atoms with van der Waals surface area (Å²) in [6, 6.07) is 13.7. The Labute approximate surface area is 200 Å². The second-order valence-corrected chi connectivity index (χ2v) is 9.56. The van der Waals surface area contributed by atoms with E-state index in [0.29, 0.717) is 11.4 Å². The molecule has 3 aromatic rings. The van der Waals surface area contributed by atoms with Gasteiger partial charge in [-0.25, -0.2) is 15.0 Å². The van der Waals surface area contributed by atoms with E-state index in [1.165, 1.54) is 5.56 Å². The van der Waals surface area contributed by atoms with Gasteiger partial charge in [-0.1, -0.05) is 0 Å². The molecular formula is C24H26N6O3S. The molecule has 1 atom stereocenters. The molecule has 1 aromatic carbocycles. The summed E-state index contributed by atoms with van der Waals surface area (Å²) in [7, 11) is -0.986.